The second-order valence-corrected chi connectivity index (χ2v) is 7.61. The smallest absolute Gasteiger partial charge is 0.0971 e. The highest BCUT2D eigenvalue weighted by molar-refractivity contribution is 5.08. The van der Waals surface area contributed by atoms with Crippen LogP contribution in [-0.4, -0.2) is 34.6 Å². The van der Waals surface area contributed by atoms with Gasteiger partial charge in [0, 0.05) is 13.2 Å². The Morgan fingerprint density at radius 3 is 2.53 bits per heavy atom. The minimum absolute atomic E-state index is 0.154. The summed E-state index contributed by atoms with van der Waals surface area (Å²) in [7, 11) is 0. The Morgan fingerprint density at radius 2 is 2.00 bits per heavy atom. The molecule has 1 spiro atoms. The van der Waals surface area contributed by atoms with Crippen LogP contribution in [0.1, 0.15) is 65.7 Å². The molecule has 1 aliphatic heterocycles. The van der Waals surface area contributed by atoms with Crippen LogP contribution >= 0.6 is 0 Å². The molecule has 0 bridgehead atoms. The third-order valence-corrected chi connectivity index (χ3v) is 5.41. The van der Waals surface area contributed by atoms with Crippen LogP contribution < -0.4 is 0 Å². The first-order valence-electron chi connectivity index (χ1n) is 7.80. The SMILES string of the molecule is CC(C)(C)[C@@H]1CC[C@@](O)(CCCO)[C@@]2(CCCO2)C1. The van der Waals surface area contributed by atoms with Gasteiger partial charge in [-0.15, -0.1) is 0 Å². The van der Waals surface area contributed by atoms with Crippen molar-refractivity contribution in [3.63, 3.8) is 0 Å². The largest absolute Gasteiger partial charge is 0.396 e. The van der Waals surface area contributed by atoms with Gasteiger partial charge in [-0.05, 0) is 56.3 Å². The molecule has 0 aromatic rings. The molecular weight excluding hydrogens is 240 g/mol. The number of ether oxygens (including phenoxy) is 1. The number of hydrogen-bond acceptors (Lipinski definition) is 3. The molecule has 2 aliphatic rings. The molecule has 0 aromatic carbocycles. The first kappa shape index (κ1) is 15.3. The van der Waals surface area contributed by atoms with Gasteiger partial charge >= 0.3 is 0 Å². The molecular formula is C16H30O3. The molecule has 2 N–H and O–H groups in total. The van der Waals surface area contributed by atoms with Gasteiger partial charge in [0.1, 0.15) is 0 Å². The van der Waals surface area contributed by atoms with Crippen molar-refractivity contribution in [2.75, 3.05) is 13.2 Å². The number of rotatable bonds is 3. The Kier molecular flexibility index (Phi) is 4.29. The van der Waals surface area contributed by atoms with Crippen LogP contribution in [-0.2, 0) is 4.74 Å². The normalized spacial score (nSPS) is 39.9. The summed E-state index contributed by atoms with van der Waals surface area (Å²) >= 11 is 0. The van der Waals surface area contributed by atoms with Crippen molar-refractivity contribution in [1.29, 1.82) is 0 Å². The topological polar surface area (TPSA) is 49.7 Å². The van der Waals surface area contributed by atoms with E-state index in [9.17, 15) is 5.11 Å². The minimum Gasteiger partial charge on any atom is -0.396 e. The molecule has 1 saturated carbocycles. The van der Waals surface area contributed by atoms with Crippen molar-refractivity contribution in [2.24, 2.45) is 11.3 Å². The zero-order chi connectivity index (χ0) is 14.1. The van der Waals surface area contributed by atoms with Crippen molar-refractivity contribution in [3.8, 4) is 0 Å². The Labute approximate surface area is 117 Å². The summed E-state index contributed by atoms with van der Waals surface area (Å²) in [4.78, 5) is 0. The maximum absolute atomic E-state index is 11.1. The third kappa shape index (κ3) is 2.84. The summed E-state index contributed by atoms with van der Waals surface area (Å²) in [6.07, 6.45) is 6.21. The van der Waals surface area contributed by atoms with E-state index in [1.807, 2.05) is 0 Å². The van der Waals surface area contributed by atoms with Crippen LogP contribution in [0, 0.1) is 11.3 Å². The van der Waals surface area contributed by atoms with Gasteiger partial charge in [0.2, 0.25) is 0 Å². The maximum atomic E-state index is 11.1. The number of hydrogen-bond donors (Lipinski definition) is 2. The Balaban J connectivity index is 2.18. The standard InChI is InChI=1S/C16H30O3/c1-14(2,3)13-6-9-15(18,7-4-10-17)16(12-13)8-5-11-19-16/h13,17-18H,4-12H2,1-3H3/t13-,15+,16-/m1/s1. The van der Waals surface area contributed by atoms with Gasteiger partial charge in [-0.2, -0.15) is 0 Å². The van der Waals surface area contributed by atoms with Crippen molar-refractivity contribution in [3.05, 3.63) is 0 Å². The quantitative estimate of drug-likeness (QED) is 0.829. The number of aliphatic hydroxyl groups excluding tert-OH is 1. The van der Waals surface area contributed by atoms with E-state index in [0.717, 1.165) is 38.7 Å². The fourth-order valence-electron chi connectivity index (χ4n) is 4.02. The summed E-state index contributed by atoms with van der Waals surface area (Å²) in [6.45, 7) is 7.80. The van der Waals surface area contributed by atoms with Gasteiger partial charge in [0.25, 0.3) is 0 Å². The van der Waals surface area contributed by atoms with E-state index in [-0.39, 0.29) is 17.6 Å². The zero-order valence-electron chi connectivity index (χ0n) is 12.7. The lowest BCUT2D eigenvalue weighted by atomic mass is 9.59. The molecule has 3 atom stereocenters. The first-order valence-corrected chi connectivity index (χ1v) is 7.80. The molecule has 1 aliphatic carbocycles. The highest BCUT2D eigenvalue weighted by Crippen LogP contribution is 2.53. The molecule has 2 fully saturated rings. The summed E-state index contributed by atoms with van der Waals surface area (Å²) in [6, 6.07) is 0. The first-order chi connectivity index (χ1) is 8.83. The second kappa shape index (κ2) is 5.34. The molecule has 3 nitrogen and oxygen atoms in total. The molecule has 112 valence electrons. The van der Waals surface area contributed by atoms with Gasteiger partial charge in [-0.3, -0.25) is 0 Å². The monoisotopic (exact) mass is 270 g/mol. The van der Waals surface area contributed by atoms with Gasteiger partial charge in [0.15, 0.2) is 0 Å². The van der Waals surface area contributed by atoms with Gasteiger partial charge in [-0.1, -0.05) is 20.8 Å². The molecule has 3 heteroatoms. The minimum atomic E-state index is -0.728. The van der Waals surface area contributed by atoms with Crippen LogP contribution in [0.3, 0.4) is 0 Å². The molecule has 1 heterocycles. The third-order valence-electron chi connectivity index (χ3n) is 5.41. The predicted molar refractivity (Wildman–Crippen MR) is 76.0 cm³/mol. The fourth-order valence-corrected chi connectivity index (χ4v) is 4.02. The van der Waals surface area contributed by atoms with E-state index < -0.39 is 5.60 Å². The Bertz CT molecular complexity index is 302. The van der Waals surface area contributed by atoms with Crippen molar-refractivity contribution >= 4 is 0 Å². The summed E-state index contributed by atoms with van der Waals surface area (Å²) in [5, 5.41) is 20.2. The average Bonchev–Trinajstić information content (AvgIpc) is 2.79. The van der Waals surface area contributed by atoms with Crippen LogP contribution in [0.25, 0.3) is 0 Å². The summed E-state index contributed by atoms with van der Waals surface area (Å²) in [5.74, 6) is 0.611. The zero-order valence-corrected chi connectivity index (χ0v) is 12.7. The van der Waals surface area contributed by atoms with E-state index in [1.165, 1.54) is 0 Å². The van der Waals surface area contributed by atoms with Crippen molar-refractivity contribution < 1.29 is 14.9 Å². The van der Waals surface area contributed by atoms with Gasteiger partial charge < -0.3 is 14.9 Å². The van der Waals surface area contributed by atoms with Crippen molar-refractivity contribution in [2.45, 2.75) is 76.9 Å². The maximum Gasteiger partial charge on any atom is 0.0971 e. The summed E-state index contributed by atoms with van der Waals surface area (Å²) in [5.41, 5.74) is -0.802. The Hall–Kier alpha value is -0.120. The van der Waals surface area contributed by atoms with Crippen LogP contribution in [0.2, 0.25) is 0 Å². The van der Waals surface area contributed by atoms with E-state index in [0.29, 0.717) is 18.8 Å². The second-order valence-electron chi connectivity index (χ2n) is 7.61. The van der Waals surface area contributed by atoms with Crippen LogP contribution in [0.4, 0.5) is 0 Å². The summed E-state index contributed by atoms with van der Waals surface area (Å²) < 4.78 is 6.09. The molecule has 19 heavy (non-hydrogen) atoms. The molecule has 0 amide bonds. The van der Waals surface area contributed by atoms with E-state index >= 15 is 0 Å². The fraction of sp³-hybridized carbons (Fsp3) is 1.00. The number of aliphatic hydroxyl groups is 2. The lowest BCUT2D eigenvalue weighted by Gasteiger charge is -2.53. The lowest BCUT2D eigenvalue weighted by Crippen LogP contribution is -2.58. The highest BCUT2D eigenvalue weighted by atomic mass is 16.5. The highest BCUT2D eigenvalue weighted by Gasteiger charge is 2.57. The van der Waals surface area contributed by atoms with Gasteiger partial charge in [0.05, 0.1) is 11.2 Å². The molecule has 2 rings (SSSR count). The van der Waals surface area contributed by atoms with E-state index in [2.05, 4.69) is 20.8 Å². The van der Waals surface area contributed by atoms with Crippen molar-refractivity contribution in [1.82, 2.24) is 0 Å². The molecule has 1 saturated heterocycles. The lowest BCUT2D eigenvalue weighted by molar-refractivity contribution is -0.203. The molecule has 0 unspecified atom stereocenters. The van der Waals surface area contributed by atoms with Gasteiger partial charge in [-0.25, -0.2) is 0 Å². The Morgan fingerprint density at radius 1 is 1.26 bits per heavy atom. The molecule has 0 radical (unpaired) electrons. The average molecular weight is 270 g/mol. The molecule has 0 aromatic heterocycles. The predicted octanol–water partition coefficient (Wildman–Crippen LogP) is 2.89. The van der Waals surface area contributed by atoms with Crippen LogP contribution in [0.5, 0.6) is 0 Å². The van der Waals surface area contributed by atoms with E-state index in [4.69, 9.17) is 9.84 Å². The van der Waals surface area contributed by atoms with E-state index in [1.54, 1.807) is 0 Å². The van der Waals surface area contributed by atoms with Crippen LogP contribution in [0.15, 0.2) is 0 Å².